The first-order chi connectivity index (χ1) is 10.9. The van der Waals surface area contributed by atoms with Crippen molar-refractivity contribution < 1.29 is 0 Å². The Balaban J connectivity index is 1.53. The minimum absolute atomic E-state index is 1.23. The van der Waals surface area contributed by atoms with Gasteiger partial charge in [0.2, 0.25) is 0 Å². The fourth-order valence-corrected chi connectivity index (χ4v) is 3.76. The maximum atomic E-state index is 2.16. The SMILES string of the molecule is C1=CN(c2cccs2)C=CC1=C1C=CN(c2cccs2)C=C1. The van der Waals surface area contributed by atoms with Crippen LogP contribution in [0, 0.1) is 0 Å². The van der Waals surface area contributed by atoms with Gasteiger partial charge in [-0.05, 0) is 70.5 Å². The molecule has 0 aliphatic carbocycles. The Labute approximate surface area is 137 Å². The molecule has 2 aliphatic heterocycles. The molecule has 108 valence electrons. The van der Waals surface area contributed by atoms with Gasteiger partial charge in [-0.1, -0.05) is 0 Å². The highest BCUT2D eigenvalue weighted by molar-refractivity contribution is 7.14. The zero-order valence-corrected chi connectivity index (χ0v) is 13.4. The van der Waals surface area contributed by atoms with E-state index in [-0.39, 0.29) is 0 Å². The Kier molecular flexibility index (Phi) is 3.54. The normalized spacial score (nSPS) is 16.9. The van der Waals surface area contributed by atoms with Gasteiger partial charge in [-0.25, -0.2) is 0 Å². The largest absolute Gasteiger partial charge is 0.315 e. The number of hydrogen-bond donors (Lipinski definition) is 0. The number of hydrogen-bond acceptors (Lipinski definition) is 4. The Morgan fingerprint density at radius 3 is 1.32 bits per heavy atom. The zero-order valence-electron chi connectivity index (χ0n) is 11.8. The molecule has 2 aliphatic rings. The van der Waals surface area contributed by atoms with E-state index in [2.05, 4.69) is 93.9 Å². The third kappa shape index (κ3) is 2.58. The minimum atomic E-state index is 1.23. The molecule has 0 fully saturated rings. The van der Waals surface area contributed by atoms with E-state index in [4.69, 9.17) is 0 Å². The van der Waals surface area contributed by atoms with E-state index in [0.29, 0.717) is 0 Å². The van der Waals surface area contributed by atoms with E-state index >= 15 is 0 Å². The van der Waals surface area contributed by atoms with Crippen LogP contribution < -0.4 is 9.80 Å². The number of thiophene rings is 2. The molecule has 0 aromatic carbocycles. The summed E-state index contributed by atoms with van der Waals surface area (Å²) in [6.45, 7) is 0. The first-order valence-electron chi connectivity index (χ1n) is 7.01. The maximum Gasteiger partial charge on any atom is 0.0989 e. The van der Waals surface area contributed by atoms with Crippen molar-refractivity contribution in [2.24, 2.45) is 0 Å². The van der Waals surface area contributed by atoms with Crippen LogP contribution in [0.3, 0.4) is 0 Å². The van der Waals surface area contributed by atoms with Crippen LogP contribution in [0.4, 0.5) is 10.0 Å². The molecule has 0 saturated carbocycles. The Hall–Kier alpha value is -2.30. The summed E-state index contributed by atoms with van der Waals surface area (Å²) < 4.78 is 0. The lowest BCUT2D eigenvalue weighted by Crippen LogP contribution is -2.10. The van der Waals surface area contributed by atoms with Crippen LogP contribution in [0.25, 0.3) is 0 Å². The van der Waals surface area contributed by atoms with Crippen molar-refractivity contribution in [1.82, 2.24) is 0 Å². The van der Waals surface area contributed by atoms with Crippen LogP contribution >= 0.6 is 22.7 Å². The number of rotatable bonds is 2. The summed E-state index contributed by atoms with van der Waals surface area (Å²) in [5, 5.41) is 6.65. The zero-order chi connectivity index (χ0) is 14.8. The van der Waals surface area contributed by atoms with E-state index < -0.39 is 0 Å². The average molecular weight is 322 g/mol. The van der Waals surface area contributed by atoms with Crippen molar-refractivity contribution in [3.05, 3.63) is 95.3 Å². The van der Waals surface area contributed by atoms with Crippen LogP contribution in [0.2, 0.25) is 0 Å². The summed E-state index contributed by atoms with van der Waals surface area (Å²) >= 11 is 3.48. The number of nitrogens with zero attached hydrogens (tertiary/aromatic N) is 2. The topological polar surface area (TPSA) is 6.48 Å². The van der Waals surface area contributed by atoms with Gasteiger partial charge in [-0.3, -0.25) is 0 Å². The molecule has 0 saturated heterocycles. The van der Waals surface area contributed by atoms with Crippen LogP contribution in [0.5, 0.6) is 0 Å². The van der Waals surface area contributed by atoms with Crippen LogP contribution in [0.15, 0.2) is 95.3 Å². The van der Waals surface area contributed by atoms with Gasteiger partial charge in [0, 0.05) is 24.8 Å². The van der Waals surface area contributed by atoms with E-state index in [1.165, 1.54) is 21.1 Å². The molecule has 2 aromatic heterocycles. The first-order valence-corrected chi connectivity index (χ1v) is 8.77. The second-order valence-corrected chi connectivity index (χ2v) is 6.74. The molecular formula is C18H14N2S2. The summed E-state index contributed by atoms with van der Waals surface area (Å²) in [5.41, 5.74) is 2.46. The summed E-state index contributed by atoms with van der Waals surface area (Å²) in [4.78, 5) is 4.28. The second kappa shape index (κ2) is 5.83. The standard InChI is InChI=1S/C18H14N2S2/c1-3-17(21-13-1)19-9-5-15(6-10-19)16-7-11-20(12-8-16)18-4-2-14-22-18/h1-14H. The predicted molar refractivity (Wildman–Crippen MR) is 97.2 cm³/mol. The highest BCUT2D eigenvalue weighted by Crippen LogP contribution is 2.28. The summed E-state index contributed by atoms with van der Waals surface area (Å²) in [6, 6.07) is 8.39. The van der Waals surface area contributed by atoms with Crippen molar-refractivity contribution in [2.75, 3.05) is 9.80 Å². The van der Waals surface area contributed by atoms with E-state index in [1.54, 1.807) is 22.7 Å². The molecule has 0 atom stereocenters. The molecule has 0 amide bonds. The van der Waals surface area contributed by atoms with Crippen molar-refractivity contribution in [2.45, 2.75) is 0 Å². The lowest BCUT2D eigenvalue weighted by molar-refractivity contribution is 1.25. The van der Waals surface area contributed by atoms with Gasteiger partial charge in [0.05, 0.1) is 10.0 Å². The first kappa shape index (κ1) is 13.4. The smallest absolute Gasteiger partial charge is 0.0989 e. The molecular weight excluding hydrogens is 308 g/mol. The quantitative estimate of drug-likeness (QED) is 0.720. The summed E-state index contributed by atoms with van der Waals surface area (Å²) in [5.74, 6) is 0. The van der Waals surface area contributed by atoms with Gasteiger partial charge < -0.3 is 9.80 Å². The Morgan fingerprint density at radius 1 is 0.591 bits per heavy atom. The lowest BCUT2D eigenvalue weighted by Gasteiger charge is -2.20. The minimum Gasteiger partial charge on any atom is -0.315 e. The van der Waals surface area contributed by atoms with Gasteiger partial charge in [-0.2, -0.15) is 0 Å². The van der Waals surface area contributed by atoms with Crippen LogP contribution in [-0.4, -0.2) is 0 Å². The third-order valence-electron chi connectivity index (χ3n) is 3.51. The van der Waals surface area contributed by atoms with Crippen molar-refractivity contribution >= 4 is 32.7 Å². The van der Waals surface area contributed by atoms with E-state index in [9.17, 15) is 0 Å². The molecule has 2 aromatic rings. The highest BCUT2D eigenvalue weighted by Gasteiger charge is 2.09. The lowest BCUT2D eigenvalue weighted by atomic mass is 10.0. The van der Waals surface area contributed by atoms with Gasteiger partial charge in [0.1, 0.15) is 0 Å². The molecule has 4 heterocycles. The molecule has 0 N–H and O–H groups in total. The Bertz CT molecular complexity index is 690. The fraction of sp³-hybridized carbons (Fsp3) is 0. The fourth-order valence-electron chi connectivity index (χ4n) is 2.37. The highest BCUT2D eigenvalue weighted by atomic mass is 32.1. The molecule has 0 spiro atoms. The van der Waals surface area contributed by atoms with Gasteiger partial charge >= 0.3 is 0 Å². The number of anilines is 2. The molecule has 0 radical (unpaired) electrons. The van der Waals surface area contributed by atoms with Crippen molar-refractivity contribution in [1.29, 1.82) is 0 Å². The monoisotopic (exact) mass is 322 g/mol. The molecule has 4 rings (SSSR count). The van der Waals surface area contributed by atoms with E-state index in [1.807, 2.05) is 0 Å². The summed E-state index contributed by atoms with van der Waals surface area (Å²) in [6.07, 6.45) is 17.1. The summed E-state index contributed by atoms with van der Waals surface area (Å²) in [7, 11) is 0. The molecule has 0 bridgehead atoms. The third-order valence-corrected chi connectivity index (χ3v) is 5.28. The molecule has 4 heteroatoms. The van der Waals surface area contributed by atoms with Gasteiger partial charge in [0.25, 0.3) is 0 Å². The van der Waals surface area contributed by atoms with Crippen LogP contribution in [-0.2, 0) is 0 Å². The van der Waals surface area contributed by atoms with Crippen molar-refractivity contribution in [3.8, 4) is 0 Å². The van der Waals surface area contributed by atoms with Gasteiger partial charge in [-0.15, -0.1) is 22.7 Å². The van der Waals surface area contributed by atoms with E-state index in [0.717, 1.165) is 0 Å². The van der Waals surface area contributed by atoms with Crippen molar-refractivity contribution in [3.63, 3.8) is 0 Å². The number of allylic oxidation sites excluding steroid dienone is 6. The van der Waals surface area contributed by atoms with Gasteiger partial charge in [0.15, 0.2) is 0 Å². The Morgan fingerprint density at radius 2 is 1.00 bits per heavy atom. The predicted octanol–water partition coefficient (Wildman–Crippen LogP) is 5.50. The average Bonchev–Trinajstić information content (AvgIpc) is 3.29. The molecule has 2 nitrogen and oxygen atoms in total. The second-order valence-electron chi connectivity index (χ2n) is 4.89. The molecule has 0 unspecified atom stereocenters. The maximum absolute atomic E-state index is 2.16. The molecule has 22 heavy (non-hydrogen) atoms. The van der Waals surface area contributed by atoms with Crippen LogP contribution in [0.1, 0.15) is 0 Å².